The molecule has 2 saturated carbocycles. The fraction of sp³-hybridized carbons (Fsp3) is 0.500. The Hall–Kier alpha value is -2.41. The van der Waals surface area contributed by atoms with Crippen molar-refractivity contribution in [1.29, 1.82) is 0 Å². The van der Waals surface area contributed by atoms with Gasteiger partial charge in [0, 0.05) is 12.0 Å². The maximum absolute atomic E-state index is 14.2. The molecule has 3 aliphatic rings. The smallest absolute Gasteiger partial charge is 0.249 e. The maximum Gasteiger partial charge on any atom is 0.249 e. The van der Waals surface area contributed by atoms with Gasteiger partial charge in [-0.2, -0.15) is 5.10 Å². The molecule has 0 spiro atoms. The second kappa shape index (κ2) is 6.05. The minimum atomic E-state index is -0.658. The van der Waals surface area contributed by atoms with Crippen LogP contribution in [0.25, 0.3) is 11.3 Å². The lowest BCUT2D eigenvalue weighted by atomic mass is 9.68. The van der Waals surface area contributed by atoms with Crippen molar-refractivity contribution in [2.45, 2.75) is 51.2 Å². The number of carbonyl (C=O) groups excluding carboxylic acids is 1. The first kappa shape index (κ1) is 18.6. The second-order valence-corrected chi connectivity index (χ2v) is 8.44. The van der Waals surface area contributed by atoms with Crippen LogP contribution in [0.2, 0.25) is 0 Å². The molecule has 0 bridgehead atoms. The van der Waals surface area contributed by atoms with Crippen LogP contribution in [0.4, 0.5) is 8.78 Å². The molecule has 2 aromatic rings. The van der Waals surface area contributed by atoms with E-state index in [1.807, 2.05) is 13.8 Å². The highest BCUT2D eigenvalue weighted by Crippen LogP contribution is 2.89. The zero-order valence-corrected chi connectivity index (χ0v) is 16.6. The summed E-state index contributed by atoms with van der Waals surface area (Å²) in [5, 5.41) is 11.4. The summed E-state index contributed by atoms with van der Waals surface area (Å²) >= 11 is 0. The molecule has 152 valence electrons. The SMILES string of the molecule is CCNC(=O)[C@@H](CC)OC12CC3[C@@H](c4cc(-c5c(F)cccc5F)nnc41)C32C. The fourth-order valence-electron chi connectivity index (χ4n) is 5.68. The largest absolute Gasteiger partial charge is 0.355 e. The van der Waals surface area contributed by atoms with E-state index in [2.05, 4.69) is 22.4 Å². The highest BCUT2D eigenvalue weighted by Gasteiger charge is 2.87. The Balaban J connectivity index is 1.54. The third-order valence-corrected chi connectivity index (χ3v) is 7.20. The number of hydrogen-bond acceptors (Lipinski definition) is 4. The molecule has 5 rings (SSSR count). The molecule has 7 heteroatoms. The number of rotatable bonds is 6. The van der Waals surface area contributed by atoms with Gasteiger partial charge in [0.15, 0.2) is 0 Å². The molecular weight excluding hydrogens is 376 g/mol. The molecule has 5 atom stereocenters. The first-order valence-corrected chi connectivity index (χ1v) is 10.2. The van der Waals surface area contributed by atoms with Crippen LogP contribution in [0.5, 0.6) is 0 Å². The number of likely N-dealkylation sites (N-methyl/N-ethyl adjacent to an activating group) is 1. The number of hydrogen-bond donors (Lipinski definition) is 1. The van der Waals surface area contributed by atoms with Crippen molar-refractivity contribution in [3.63, 3.8) is 0 Å². The van der Waals surface area contributed by atoms with E-state index in [9.17, 15) is 13.6 Å². The Morgan fingerprint density at radius 1 is 1.31 bits per heavy atom. The summed E-state index contributed by atoms with van der Waals surface area (Å²) in [6.07, 6.45) is 0.796. The molecule has 1 aromatic heterocycles. The predicted molar refractivity (Wildman–Crippen MR) is 102 cm³/mol. The van der Waals surface area contributed by atoms with Crippen molar-refractivity contribution in [3.05, 3.63) is 47.2 Å². The molecule has 2 fully saturated rings. The highest BCUT2D eigenvalue weighted by molar-refractivity contribution is 5.81. The number of fused-ring (bicyclic) bond motifs is 4. The average Bonchev–Trinajstić information content (AvgIpc) is 3.14. The molecule has 0 radical (unpaired) electrons. The van der Waals surface area contributed by atoms with Crippen molar-refractivity contribution in [3.8, 4) is 11.3 Å². The summed E-state index contributed by atoms with van der Waals surface area (Å²) in [6, 6.07) is 5.52. The van der Waals surface area contributed by atoms with Gasteiger partial charge in [0.05, 0.1) is 17.0 Å². The van der Waals surface area contributed by atoms with Gasteiger partial charge >= 0.3 is 0 Å². The van der Waals surface area contributed by atoms with Gasteiger partial charge < -0.3 is 10.1 Å². The van der Waals surface area contributed by atoms with Gasteiger partial charge in [-0.05, 0) is 55.4 Å². The number of ether oxygens (including phenoxy) is 1. The van der Waals surface area contributed by atoms with Gasteiger partial charge in [-0.3, -0.25) is 4.79 Å². The van der Waals surface area contributed by atoms with Crippen LogP contribution < -0.4 is 5.32 Å². The standard InChI is InChI=1S/C22H23F2N3O2/c1-4-16(20(28)25-5-2)29-22-10-12-18(21(12,22)3)11-9-15(26-27-19(11)22)17-13(23)7-6-8-14(17)24/h6-9,12,16,18H,4-5,10H2,1-3H3,(H,25,28)/t12?,16-,18-,21?,22?/m1/s1. The van der Waals surface area contributed by atoms with E-state index in [1.165, 1.54) is 18.2 Å². The lowest BCUT2D eigenvalue weighted by molar-refractivity contribution is -0.194. The minimum Gasteiger partial charge on any atom is -0.355 e. The number of amides is 1. The van der Waals surface area contributed by atoms with E-state index in [4.69, 9.17) is 4.74 Å². The summed E-state index contributed by atoms with van der Waals surface area (Å²) in [7, 11) is 0. The summed E-state index contributed by atoms with van der Waals surface area (Å²) in [5.74, 6) is -0.763. The Labute approximate surface area is 167 Å². The number of benzene rings is 1. The monoisotopic (exact) mass is 399 g/mol. The Bertz CT molecular complexity index is 1010. The molecule has 1 aromatic carbocycles. The molecule has 0 aliphatic heterocycles. The Kier molecular flexibility index (Phi) is 3.88. The predicted octanol–water partition coefficient (Wildman–Crippen LogP) is 3.69. The van der Waals surface area contributed by atoms with Crippen LogP contribution in [-0.2, 0) is 15.1 Å². The number of nitrogens with one attached hydrogen (secondary N) is 1. The normalized spacial score (nSPS) is 31.5. The lowest BCUT2D eigenvalue weighted by Crippen LogP contribution is -2.52. The van der Waals surface area contributed by atoms with Crippen molar-refractivity contribution < 1.29 is 18.3 Å². The van der Waals surface area contributed by atoms with Gasteiger partial charge in [0.25, 0.3) is 0 Å². The van der Waals surface area contributed by atoms with Crippen molar-refractivity contribution in [1.82, 2.24) is 15.5 Å². The lowest BCUT2D eigenvalue weighted by Gasteiger charge is -2.47. The number of halogens is 2. The van der Waals surface area contributed by atoms with Crippen LogP contribution in [0, 0.1) is 23.0 Å². The second-order valence-electron chi connectivity index (χ2n) is 8.44. The van der Waals surface area contributed by atoms with Gasteiger partial charge in [-0.15, -0.1) is 5.10 Å². The van der Waals surface area contributed by atoms with Crippen LogP contribution in [0.1, 0.15) is 50.8 Å². The topological polar surface area (TPSA) is 64.1 Å². The molecule has 1 amide bonds. The molecule has 1 heterocycles. The number of aromatic nitrogens is 2. The first-order chi connectivity index (χ1) is 13.9. The molecule has 3 aliphatic carbocycles. The van der Waals surface area contributed by atoms with E-state index >= 15 is 0 Å². The summed E-state index contributed by atoms with van der Waals surface area (Å²) in [5.41, 5.74) is 0.923. The van der Waals surface area contributed by atoms with Gasteiger partial charge in [0.1, 0.15) is 23.3 Å². The van der Waals surface area contributed by atoms with Crippen molar-refractivity contribution >= 4 is 5.91 Å². The molecular formula is C22H23F2N3O2. The minimum absolute atomic E-state index is 0.125. The van der Waals surface area contributed by atoms with E-state index in [1.54, 1.807) is 6.07 Å². The number of carbonyl (C=O) groups is 1. The van der Waals surface area contributed by atoms with Crippen LogP contribution in [0.15, 0.2) is 24.3 Å². The molecule has 1 N–H and O–H groups in total. The van der Waals surface area contributed by atoms with Crippen molar-refractivity contribution in [2.75, 3.05) is 6.54 Å². The van der Waals surface area contributed by atoms with Crippen LogP contribution in [-0.4, -0.2) is 28.8 Å². The summed E-state index contributed by atoms with van der Waals surface area (Å²) in [6.45, 7) is 6.49. The number of nitrogens with zero attached hydrogens (tertiary/aromatic N) is 2. The quantitative estimate of drug-likeness (QED) is 0.805. The third kappa shape index (κ3) is 2.19. The Morgan fingerprint density at radius 3 is 2.69 bits per heavy atom. The fourth-order valence-corrected chi connectivity index (χ4v) is 5.68. The zero-order chi connectivity index (χ0) is 20.6. The molecule has 3 unspecified atom stereocenters. The highest BCUT2D eigenvalue weighted by atomic mass is 19.1. The molecule has 29 heavy (non-hydrogen) atoms. The third-order valence-electron chi connectivity index (χ3n) is 7.20. The summed E-state index contributed by atoms with van der Waals surface area (Å²) < 4.78 is 34.9. The van der Waals surface area contributed by atoms with E-state index < -0.39 is 23.3 Å². The van der Waals surface area contributed by atoms with E-state index in [0.717, 1.165) is 17.7 Å². The van der Waals surface area contributed by atoms with Gasteiger partial charge in [0.2, 0.25) is 5.91 Å². The maximum atomic E-state index is 14.2. The zero-order valence-electron chi connectivity index (χ0n) is 16.6. The molecule has 5 nitrogen and oxygen atoms in total. The van der Waals surface area contributed by atoms with E-state index in [0.29, 0.717) is 18.9 Å². The van der Waals surface area contributed by atoms with Gasteiger partial charge in [-0.25, -0.2) is 8.78 Å². The van der Waals surface area contributed by atoms with Gasteiger partial charge in [-0.1, -0.05) is 19.9 Å². The average molecular weight is 399 g/mol. The Morgan fingerprint density at radius 2 is 2.03 bits per heavy atom. The van der Waals surface area contributed by atoms with Crippen LogP contribution >= 0.6 is 0 Å². The van der Waals surface area contributed by atoms with Crippen LogP contribution in [0.3, 0.4) is 0 Å². The van der Waals surface area contributed by atoms with Crippen molar-refractivity contribution in [2.24, 2.45) is 11.3 Å². The first-order valence-electron chi connectivity index (χ1n) is 10.2. The summed E-state index contributed by atoms with van der Waals surface area (Å²) in [4.78, 5) is 12.4. The van der Waals surface area contributed by atoms with E-state index in [-0.39, 0.29) is 28.5 Å². The molecule has 0 saturated heterocycles.